The molecule has 1 aromatic carbocycles. The molecule has 130 valence electrons. The van der Waals surface area contributed by atoms with Gasteiger partial charge in [-0.25, -0.2) is 4.39 Å². The van der Waals surface area contributed by atoms with E-state index >= 15 is 0 Å². The van der Waals surface area contributed by atoms with Crippen molar-refractivity contribution >= 4 is 23.2 Å². The molecule has 0 spiro atoms. The Morgan fingerprint density at radius 3 is 2.80 bits per heavy atom. The fourth-order valence-corrected chi connectivity index (χ4v) is 2.91. The minimum absolute atomic E-state index is 0.0788. The van der Waals surface area contributed by atoms with Crippen LogP contribution in [0.2, 0.25) is 0 Å². The van der Waals surface area contributed by atoms with Gasteiger partial charge in [0.15, 0.2) is 5.66 Å². The van der Waals surface area contributed by atoms with Crippen molar-refractivity contribution in [2.75, 3.05) is 16.8 Å². The first-order chi connectivity index (χ1) is 12.0. The predicted octanol–water partition coefficient (Wildman–Crippen LogP) is 3.25. The Bertz CT molecular complexity index is 763. The van der Waals surface area contributed by atoms with E-state index in [0.717, 1.165) is 6.42 Å². The molecule has 0 unspecified atom stereocenters. The van der Waals surface area contributed by atoms with Crippen molar-refractivity contribution in [1.82, 2.24) is 0 Å². The zero-order valence-electron chi connectivity index (χ0n) is 13.8. The van der Waals surface area contributed by atoms with Gasteiger partial charge in [0.25, 0.3) is 0 Å². The molecule has 1 aromatic rings. The van der Waals surface area contributed by atoms with Gasteiger partial charge in [0.2, 0.25) is 11.8 Å². The van der Waals surface area contributed by atoms with Crippen molar-refractivity contribution in [3.05, 3.63) is 24.0 Å². The van der Waals surface area contributed by atoms with Crippen LogP contribution in [0.3, 0.4) is 0 Å². The van der Waals surface area contributed by atoms with Crippen LogP contribution in [0.4, 0.5) is 15.8 Å². The summed E-state index contributed by atoms with van der Waals surface area (Å²) in [6.45, 7) is 0.522. The summed E-state index contributed by atoms with van der Waals surface area (Å²) >= 11 is 0. The number of terminal acetylenes is 1. The first kappa shape index (κ1) is 17.1. The zero-order chi connectivity index (χ0) is 17.9. The standard InChI is InChI=1S/C18H19FN4O2/c1-2-3-9-18(21-22-18)10-8-16(24)20-13-6-7-15(14(19)12-13)23-11-4-5-17(23)25/h1,6-7,12H,3-5,8-11H2,(H,20,24). The number of anilines is 2. The van der Waals surface area contributed by atoms with Gasteiger partial charge in [0.1, 0.15) is 5.82 Å². The van der Waals surface area contributed by atoms with Crippen LogP contribution in [0, 0.1) is 18.2 Å². The largest absolute Gasteiger partial charge is 0.326 e. The first-order valence-corrected chi connectivity index (χ1v) is 8.30. The second-order valence-corrected chi connectivity index (χ2v) is 6.25. The van der Waals surface area contributed by atoms with Gasteiger partial charge in [-0.15, -0.1) is 12.3 Å². The van der Waals surface area contributed by atoms with Crippen molar-refractivity contribution < 1.29 is 14.0 Å². The number of carbonyl (C=O) groups excluding carboxylic acids is 2. The highest BCUT2D eigenvalue weighted by molar-refractivity contribution is 5.96. The highest BCUT2D eigenvalue weighted by atomic mass is 19.1. The summed E-state index contributed by atoms with van der Waals surface area (Å²) in [5.41, 5.74) is 0.110. The number of hydrogen-bond acceptors (Lipinski definition) is 4. The fourth-order valence-electron chi connectivity index (χ4n) is 2.91. The number of rotatable bonds is 7. The average molecular weight is 342 g/mol. The van der Waals surface area contributed by atoms with Crippen LogP contribution >= 0.6 is 0 Å². The third kappa shape index (κ3) is 4.02. The second kappa shape index (κ2) is 7.01. The topological polar surface area (TPSA) is 74.1 Å². The minimum Gasteiger partial charge on any atom is -0.326 e. The van der Waals surface area contributed by atoms with Gasteiger partial charge < -0.3 is 10.2 Å². The van der Waals surface area contributed by atoms with Crippen molar-refractivity contribution in [2.45, 2.75) is 44.2 Å². The van der Waals surface area contributed by atoms with Crippen LogP contribution in [0.5, 0.6) is 0 Å². The summed E-state index contributed by atoms with van der Waals surface area (Å²) in [6.07, 6.45) is 8.33. The van der Waals surface area contributed by atoms with Gasteiger partial charge in [0, 0.05) is 44.3 Å². The number of nitrogens with one attached hydrogen (secondary N) is 1. The maximum Gasteiger partial charge on any atom is 0.227 e. The third-order valence-electron chi connectivity index (χ3n) is 4.40. The second-order valence-electron chi connectivity index (χ2n) is 6.25. The van der Waals surface area contributed by atoms with E-state index in [9.17, 15) is 14.0 Å². The lowest BCUT2D eigenvalue weighted by molar-refractivity contribution is -0.117. The van der Waals surface area contributed by atoms with E-state index in [4.69, 9.17) is 6.42 Å². The van der Waals surface area contributed by atoms with Gasteiger partial charge in [-0.05, 0) is 24.6 Å². The molecule has 1 saturated heterocycles. The zero-order valence-corrected chi connectivity index (χ0v) is 13.8. The Balaban J connectivity index is 1.54. The smallest absolute Gasteiger partial charge is 0.227 e. The maximum atomic E-state index is 14.3. The molecule has 7 heteroatoms. The molecule has 2 amide bonds. The Kier molecular flexibility index (Phi) is 4.79. The number of carbonyl (C=O) groups is 2. The number of hydrogen-bond donors (Lipinski definition) is 1. The van der Waals surface area contributed by atoms with E-state index < -0.39 is 11.5 Å². The van der Waals surface area contributed by atoms with E-state index in [-0.39, 0.29) is 23.9 Å². The summed E-state index contributed by atoms with van der Waals surface area (Å²) in [4.78, 5) is 25.2. The molecular formula is C18H19FN4O2. The van der Waals surface area contributed by atoms with Crippen molar-refractivity contribution in [3.63, 3.8) is 0 Å². The van der Waals surface area contributed by atoms with Gasteiger partial charge in [0.05, 0.1) is 5.69 Å². The van der Waals surface area contributed by atoms with Crippen LogP contribution in [0.1, 0.15) is 38.5 Å². The van der Waals surface area contributed by atoms with E-state index in [1.165, 1.54) is 17.0 Å². The summed E-state index contributed by atoms with van der Waals surface area (Å²) in [6, 6.07) is 4.36. The lowest BCUT2D eigenvalue weighted by atomic mass is 10.0. The Morgan fingerprint density at radius 2 is 2.20 bits per heavy atom. The van der Waals surface area contributed by atoms with Gasteiger partial charge in [-0.2, -0.15) is 10.2 Å². The van der Waals surface area contributed by atoms with Crippen LogP contribution in [-0.2, 0) is 9.59 Å². The van der Waals surface area contributed by atoms with Crippen molar-refractivity contribution in [3.8, 4) is 12.3 Å². The molecule has 0 bridgehead atoms. The Morgan fingerprint density at radius 1 is 1.40 bits per heavy atom. The van der Waals surface area contributed by atoms with E-state index in [2.05, 4.69) is 21.5 Å². The molecule has 1 fully saturated rings. The quantitative estimate of drug-likeness (QED) is 0.773. The average Bonchev–Trinajstić information content (AvgIpc) is 3.24. The highest BCUT2D eigenvalue weighted by Crippen LogP contribution is 2.37. The molecule has 0 aliphatic carbocycles. The maximum absolute atomic E-state index is 14.3. The van der Waals surface area contributed by atoms with Crippen LogP contribution in [-0.4, -0.2) is 24.0 Å². The molecule has 0 atom stereocenters. The molecule has 0 saturated carbocycles. The molecule has 0 aromatic heterocycles. The lowest BCUT2D eigenvalue weighted by Crippen LogP contribution is -2.24. The molecule has 3 rings (SSSR count). The van der Waals surface area contributed by atoms with E-state index in [1.54, 1.807) is 6.07 Å². The van der Waals surface area contributed by atoms with Crippen molar-refractivity contribution in [2.24, 2.45) is 10.2 Å². The lowest BCUT2D eigenvalue weighted by Gasteiger charge is -2.17. The van der Waals surface area contributed by atoms with E-state index in [0.29, 0.717) is 37.9 Å². The van der Waals surface area contributed by atoms with Crippen LogP contribution in [0.15, 0.2) is 28.4 Å². The number of nitrogens with zero attached hydrogens (tertiary/aromatic N) is 3. The van der Waals surface area contributed by atoms with Crippen LogP contribution in [0.25, 0.3) is 0 Å². The monoisotopic (exact) mass is 342 g/mol. The third-order valence-corrected chi connectivity index (χ3v) is 4.40. The van der Waals surface area contributed by atoms with Gasteiger partial charge >= 0.3 is 0 Å². The predicted molar refractivity (Wildman–Crippen MR) is 91.5 cm³/mol. The van der Waals surface area contributed by atoms with E-state index in [1.807, 2.05) is 0 Å². The molecule has 2 aliphatic rings. The minimum atomic E-state index is -0.522. The summed E-state index contributed by atoms with van der Waals surface area (Å²) in [5, 5.41) is 10.6. The van der Waals surface area contributed by atoms with Crippen LogP contribution < -0.4 is 10.2 Å². The van der Waals surface area contributed by atoms with Gasteiger partial charge in [-0.3, -0.25) is 9.59 Å². The highest BCUT2D eigenvalue weighted by Gasteiger charge is 2.39. The Hall–Kier alpha value is -2.75. The SMILES string of the molecule is C#CCCC1(CCC(=O)Nc2ccc(N3CCCC3=O)c(F)c2)N=N1. The van der Waals surface area contributed by atoms with Crippen molar-refractivity contribution in [1.29, 1.82) is 0 Å². The summed E-state index contributed by atoms with van der Waals surface area (Å²) in [7, 11) is 0. The molecule has 2 heterocycles. The molecule has 1 N–H and O–H groups in total. The summed E-state index contributed by atoms with van der Waals surface area (Å²) in [5.74, 6) is 1.70. The molecule has 25 heavy (non-hydrogen) atoms. The molecular weight excluding hydrogens is 323 g/mol. The normalized spacial score (nSPS) is 17.4. The number of halogens is 1. The number of amides is 2. The molecule has 6 nitrogen and oxygen atoms in total. The molecule has 2 aliphatic heterocycles. The molecule has 0 radical (unpaired) electrons. The van der Waals surface area contributed by atoms with Gasteiger partial charge in [-0.1, -0.05) is 0 Å². The first-order valence-electron chi connectivity index (χ1n) is 8.30. The summed E-state index contributed by atoms with van der Waals surface area (Å²) < 4.78 is 14.3. The Labute approximate surface area is 145 Å². The fraction of sp³-hybridized carbons (Fsp3) is 0.444. The number of benzene rings is 1.